The maximum Gasteiger partial charge on any atom is 0.303 e. The van der Waals surface area contributed by atoms with Gasteiger partial charge >= 0.3 is 5.97 Å². The molecule has 6 heteroatoms. The molecule has 1 heterocycles. The Morgan fingerprint density at radius 2 is 1.96 bits per heavy atom. The molecule has 0 spiro atoms. The summed E-state index contributed by atoms with van der Waals surface area (Å²) < 4.78 is 18.8. The van der Waals surface area contributed by atoms with E-state index >= 15 is 0 Å². The summed E-state index contributed by atoms with van der Waals surface area (Å²) in [5.74, 6) is -1.31. The lowest BCUT2D eigenvalue weighted by atomic mass is 9.99. The molecule has 126 valence electrons. The first-order valence-electron chi connectivity index (χ1n) is 7.94. The number of amides is 1. The number of hydrogen-bond acceptors (Lipinski definition) is 3. The highest BCUT2D eigenvalue weighted by molar-refractivity contribution is 5.76. The Morgan fingerprint density at radius 1 is 1.26 bits per heavy atom. The topological polar surface area (TPSA) is 75.6 Å². The van der Waals surface area contributed by atoms with Crippen molar-refractivity contribution in [2.45, 2.75) is 50.7 Å². The number of benzene rings is 1. The molecule has 0 radical (unpaired) electrons. The molecule has 1 fully saturated rings. The van der Waals surface area contributed by atoms with Crippen LogP contribution >= 0.6 is 0 Å². The lowest BCUT2D eigenvalue weighted by molar-refractivity contribution is -0.137. The van der Waals surface area contributed by atoms with Crippen LogP contribution in [-0.4, -0.2) is 29.7 Å². The molecule has 1 amide bonds. The summed E-state index contributed by atoms with van der Waals surface area (Å²) in [6.45, 7) is 0.664. The third-order valence-electron chi connectivity index (χ3n) is 3.93. The van der Waals surface area contributed by atoms with E-state index in [-0.39, 0.29) is 36.7 Å². The highest BCUT2D eigenvalue weighted by Crippen LogP contribution is 2.27. The second-order valence-corrected chi connectivity index (χ2v) is 5.75. The van der Waals surface area contributed by atoms with Crippen molar-refractivity contribution in [2.75, 3.05) is 6.61 Å². The Morgan fingerprint density at radius 3 is 2.57 bits per heavy atom. The predicted octanol–water partition coefficient (Wildman–Crippen LogP) is 2.81. The molecule has 0 aromatic heterocycles. The van der Waals surface area contributed by atoms with E-state index in [1.54, 1.807) is 12.1 Å². The lowest BCUT2D eigenvalue weighted by Gasteiger charge is -2.25. The summed E-state index contributed by atoms with van der Waals surface area (Å²) in [5.41, 5.74) is 0.817. The largest absolute Gasteiger partial charge is 0.481 e. The van der Waals surface area contributed by atoms with Crippen molar-refractivity contribution in [1.82, 2.24) is 5.32 Å². The SMILES string of the molecule is O=C(O)CCCCC(=O)NC(c1ccc(F)cc1)C1CCCO1. The fraction of sp³-hybridized carbons (Fsp3) is 0.529. The number of hydrogen-bond donors (Lipinski definition) is 2. The molecule has 0 bridgehead atoms. The van der Waals surface area contributed by atoms with Crippen molar-refractivity contribution < 1.29 is 23.8 Å². The van der Waals surface area contributed by atoms with E-state index in [4.69, 9.17) is 9.84 Å². The van der Waals surface area contributed by atoms with Crippen molar-refractivity contribution in [3.05, 3.63) is 35.6 Å². The summed E-state index contributed by atoms with van der Waals surface area (Å²) in [7, 11) is 0. The minimum Gasteiger partial charge on any atom is -0.481 e. The third-order valence-corrected chi connectivity index (χ3v) is 3.93. The quantitative estimate of drug-likeness (QED) is 0.721. The first-order chi connectivity index (χ1) is 11.1. The zero-order valence-corrected chi connectivity index (χ0v) is 13.0. The van der Waals surface area contributed by atoms with Crippen LogP contribution in [0.1, 0.15) is 50.1 Å². The van der Waals surface area contributed by atoms with Gasteiger partial charge in [-0.25, -0.2) is 4.39 Å². The Balaban J connectivity index is 1.93. The van der Waals surface area contributed by atoms with E-state index in [9.17, 15) is 14.0 Å². The van der Waals surface area contributed by atoms with Crippen molar-refractivity contribution in [3.8, 4) is 0 Å². The smallest absolute Gasteiger partial charge is 0.303 e. The summed E-state index contributed by atoms with van der Waals surface area (Å²) >= 11 is 0. The minimum absolute atomic E-state index is 0.0698. The number of carboxylic acid groups (broad SMARTS) is 1. The first-order valence-corrected chi connectivity index (χ1v) is 7.94. The van der Waals surface area contributed by atoms with Gasteiger partial charge in [-0.3, -0.25) is 9.59 Å². The van der Waals surface area contributed by atoms with Gasteiger partial charge in [0.05, 0.1) is 12.1 Å². The van der Waals surface area contributed by atoms with Crippen molar-refractivity contribution in [3.63, 3.8) is 0 Å². The van der Waals surface area contributed by atoms with Gasteiger partial charge in [-0.1, -0.05) is 12.1 Å². The Hall–Kier alpha value is -1.95. The van der Waals surface area contributed by atoms with Crippen LogP contribution in [0.5, 0.6) is 0 Å². The van der Waals surface area contributed by atoms with Gasteiger partial charge in [0.15, 0.2) is 0 Å². The Labute approximate surface area is 134 Å². The van der Waals surface area contributed by atoms with Gasteiger partial charge in [0, 0.05) is 19.4 Å². The Kier molecular flexibility index (Phi) is 6.52. The molecular formula is C17H22FNO4. The van der Waals surface area contributed by atoms with Crippen molar-refractivity contribution in [2.24, 2.45) is 0 Å². The molecule has 2 unspecified atom stereocenters. The number of halogens is 1. The summed E-state index contributed by atoms with van der Waals surface area (Å²) in [5, 5.41) is 11.5. The van der Waals surface area contributed by atoms with Gasteiger partial charge < -0.3 is 15.2 Å². The number of carbonyl (C=O) groups is 2. The second-order valence-electron chi connectivity index (χ2n) is 5.75. The number of nitrogens with one attached hydrogen (secondary N) is 1. The third kappa shape index (κ3) is 5.63. The number of carboxylic acids is 1. The number of unbranched alkanes of at least 4 members (excludes halogenated alkanes) is 1. The van der Waals surface area contributed by atoms with E-state index in [0.717, 1.165) is 18.4 Å². The molecule has 2 N–H and O–H groups in total. The van der Waals surface area contributed by atoms with Gasteiger partial charge in [0.2, 0.25) is 5.91 Å². The summed E-state index contributed by atoms with van der Waals surface area (Å²) in [6.07, 6.45) is 3.03. The Bertz CT molecular complexity index is 526. The molecule has 0 saturated carbocycles. The van der Waals surface area contributed by atoms with Crippen molar-refractivity contribution in [1.29, 1.82) is 0 Å². The lowest BCUT2D eigenvalue weighted by Crippen LogP contribution is -2.36. The van der Waals surface area contributed by atoms with Crippen LogP contribution in [0.15, 0.2) is 24.3 Å². The predicted molar refractivity (Wildman–Crippen MR) is 82.4 cm³/mol. The molecule has 1 aliphatic heterocycles. The molecule has 1 saturated heterocycles. The van der Waals surface area contributed by atoms with E-state index in [1.807, 2.05) is 0 Å². The molecule has 1 aliphatic rings. The van der Waals surface area contributed by atoms with Crippen LogP contribution in [0.4, 0.5) is 4.39 Å². The highest BCUT2D eigenvalue weighted by atomic mass is 19.1. The van der Waals surface area contributed by atoms with Crippen LogP contribution in [0, 0.1) is 5.82 Å². The average Bonchev–Trinajstić information content (AvgIpc) is 3.04. The molecule has 1 aromatic carbocycles. The monoisotopic (exact) mass is 323 g/mol. The summed E-state index contributed by atoms with van der Waals surface area (Å²) in [6, 6.07) is 5.76. The van der Waals surface area contributed by atoms with Crippen LogP contribution < -0.4 is 5.32 Å². The second kappa shape index (κ2) is 8.62. The zero-order valence-electron chi connectivity index (χ0n) is 13.0. The van der Waals surface area contributed by atoms with Gasteiger partial charge in [-0.15, -0.1) is 0 Å². The van der Waals surface area contributed by atoms with Crippen LogP contribution in [0.25, 0.3) is 0 Å². The fourth-order valence-electron chi connectivity index (χ4n) is 2.73. The van der Waals surface area contributed by atoms with Gasteiger partial charge in [0.25, 0.3) is 0 Å². The highest BCUT2D eigenvalue weighted by Gasteiger charge is 2.28. The fourth-order valence-corrected chi connectivity index (χ4v) is 2.73. The van der Waals surface area contributed by atoms with E-state index in [1.165, 1.54) is 12.1 Å². The molecule has 2 atom stereocenters. The molecule has 23 heavy (non-hydrogen) atoms. The average molecular weight is 323 g/mol. The van der Waals surface area contributed by atoms with Crippen LogP contribution in [0.2, 0.25) is 0 Å². The van der Waals surface area contributed by atoms with Crippen LogP contribution in [0.3, 0.4) is 0 Å². The normalized spacial score (nSPS) is 18.6. The molecule has 5 nitrogen and oxygen atoms in total. The van der Waals surface area contributed by atoms with Gasteiger partial charge in [-0.2, -0.15) is 0 Å². The standard InChI is InChI=1S/C17H22FNO4/c18-13-9-7-12(8-10-13)17(14-4-3-11-23-14)19-15(20)5-1-2-6-16(21)22/h7-10,14,17H,1-6,11H2,(H,19,20)(H,21,22). The van der Waals surface area contributed by atoms with E-state index in [0.29, 0.717) is 19.4 Å². The van der Waals surface area contributed by atoms with E-state index in [2.05, 4.69) is 5.32 Å². The summed E-state index contributed by atoms with van der Waals surface area (Å²) in [4.78, 5) is 22.6. The number of carbonyl (C=O) groups excluding carboxylic acids is 1. The van der Waals surface area contributed by atoms with E-state index < -0.39 is 5.97 Å². The number of rotatable bonds is 8. The maximum absolute atomic E-state index is 13.1. The molecule has 1 aromatic rings. The van der Waals surface area contributed by atoms with Crippen LogP contribution in [-0.2, 0) is 14.3 Å². The number of aliphatic carboxylic acids is 1. The van der Waals surface area contributed by atoms with Gasteiger partial charge in [0.1, 0.15) is 5.82 Å². The van der Waals surface area contributed by atoms with Gasteiger partial charge in [-0.05, 0) is 43.4 Å². The maximum atomic E-state index is 13.1. The zero-order chi connectivity index (χ0) is 16.7. The first kappa shape index (κ1) is 17.4. The molecule has 0 aliphatic carbocycles. The van der Waals surface area contributed by atoms with Crippen molar-refractivity contribution >= 4 is 11.9 Å². The number of ether oxygens (including phenoxy) is 1. The molecular weight excluding hydrogens is 301 g/mol. The molecule has 2 rings (SSSR count). The minimum atomic E-state index is -0.853.